The number of halogens is 2. The van der Waals surface area contributed by atoms with Gasteiger partial charge in [0.25, 0.3) is 0 Å². The lowest BCUT2D eigenvalue weighted by Gasteiger charge is -2.10. The minimum Gasteiger partial charge on any atom is -0.497 e. The highest BCUT2D eigenvalue weighted by Gasteiger charge is 2.07. The minimum atomic E-state index is -0.896. The summed E-state index contributed by atoms with van der Waals surface area (Å²) in [6, 6.07) is 9.77. The molecule has 0 aromatic heterocycles. The molecule has 0 aliphatic heterocycles. The molecule has 0 aliphatic carbocycles. The van der Waals surface area contributed by atoms with Crippen LogP contribution in [0.4, 0.5) is 19.3 Å². The average Bonchev–Trinajstić information content (AvgIpc) is 2.67. The van der Waals surface area contributed by atoms with Crippen molar-refractivity contribution in [3.05, 3.63) is 71.4 Å². The molecular weight excluding hydrogens is 372 g/mol. The van der Waals surface area contributed by atoms with Gasteiger partial charge in [0.2, 0.25) is 5.91 Å². The second kappa shape index (κ2) is 9.91. The summed E-state index contributed by atoms with van der Waals surface area (Å²) in [5, 5.41) is 2.26. The molecule has 0 heterocycles. The van der Waals surface area contributed by atoms with Gasteiger partial charge in [-0.25, -0.2) is 19.0 Å². The molecule has 0 spiro atoms. The monoisotopic (exact) mass is 391 g/mol. The molecule has 2 amide bonds. The van der Waals surface area contributed by atoms with Gasteiger partial charge >= 0.3 is 6.09 Å². The summed E-state index contributed by atoms with van der Waals surface area (Å²) >= 11 is 0. The molecule has 7 nitrogen and oxygen atoms in total. The van der Waals surface area contributed by atoms with Crippen LogP contribution < -0.4 is 20.9 Å². The maximum atomic E-state index is 13.5. The summed E-state index contributed by atoms with van der Waals surface area (Å²) in [5.74, 6) is -1.62. The smallest absolute Gasteiger partial charge is 0.426 e. The number of anilines is 1. The van der Waals surface area contributed by atoms with Crippen LogP contribution in [0.1, 0.15) is 12.5 Å². The first-order valence-corrected chi connectivity index (χ1v) is 8.13. The van der Waals surface area contributed by atoms with E-state index in [9.17, 15) is 18.4 Å². The van der Waals surface area contributed by atoms with E-state index in [0.29, 0.717) is 11.8 Å². The third-order valence-corrected chi connectivity index (χ3v) is 3.43. The Labute approximate surface area is 160 Å². The zero-order valence-corrected chi connectivity index (χ0v) is 15.2. The SMILES string of the molecule is COc1ccc(COC(=O)NN/C(C)=C/C(=O)Nc2ccc(F)cc2F)cc1. The average molecular weight is 391 g/mol. The highest BCUT2D eigenvalue weighted by molar-refractivity contribution is 5.99. The van der Waals surface area contributed by atoms with Crippen LogP contribution >= 0.6 is 0 Å². The van der Waals surface area contributed by atoms with E-state index in [1.165, 1.54) is 6.92 Å². The van der Waals surface area contributed by atoms with Crippen molar-refractivity contribution in [3.8, 4) is 5.75 Å². The number of rotatable bonds is 7. The Morgan fingerprint density at radius 3 is 2.43 bits per heavy atom. The molecule has 0 radical (unpaired) electrons. The fourth-order valence-electron chi connectivity index (χ4n) is 2.05. The number of hydrogen-bond donors (Lipinski definition) is 3. The van der Waals surface area contributed by atoms with Crippen LogP contribution in [-0.2, 0) is 16.1 Å². The van der Waals surface area contributed by atoms with E-state index in [1.807, 2.05) is 0 Å². The van der Waals surface area contributed by atoms with E-state index in [4.69, 9.17) is 9.47 Å². The third kappa shape index (κ3) is 6.60. The van der Waals surface area contributed by atoms with Crippen molar-refractivity contribution < 1.29 is 27.8 Å². The van der Waals surface area contributed by atoms with Gasteiger partial charge in [-0.3, -0.25) is 4.79 Å². The maximum absolute atomic E-state index is 13.5. The molecule has 148 valence electrons. The molecule has 0 aliphatic rings. The molecule has 0 fully saturated rings. The number of nitrogens with one attached hydrogen (secondary N) is 3. The van der Waals surface area contributed by atoms with E-state index in [2.05, 4.69) is 16.2 Å². The molecule has 2 aromatic rings. The number of amides is 2. The van der Waals surface area contributed by atoms with Crippen LogP contribution in [0.3, 0.4) is 0 Å². The van der Waals surface area contributed by atoms with Crippen LogP contribution in [0.25, 0.3) is 0 Å². The van der Waals surface area contributed by atoms with E-state index in [-0.39, 0.29) is 18.0 Å². The summed E-state index contributed by atoms with van der Waals surface area (Å²) in [6.07, 6.45) is 0.334. The Morgan fingerprint density at radius 2 is 1.79 bits per heavy atom. The van der Waals surface area contributed by atoms with Crippen LogP contribution in [0.2, 0.25) is 0 Å². The Balaban J connectivity index is 1.77. The van der Waals surface area contributed by atoms with Gasteiger partial charge in [0.1, 0.15) is 24.0 Å². The van der Waals surface area contributed by atoms with Crippen molar-refractivity contribution in [3.63, 3.8) is 0 Å². The Hall–Kier alpha value is -3.62. The Kier molecular flexibility index (Phi) is 7.32. The lowest BCUT2D eigenvalue weighted by molar-refractivity contribution is -0.112. The number of hydrogen-bond acceptors (Lipinski definition) is 5. The van der Waals surface area contributed by atoms with Gasteiger partial charge in [-0.1, -0.05) is 12.1 Å². The van der Waals surface area contributed by atoms with Crippen LogP contribution in [0.15, 0.2) is 54.2 Å². The zero-order valence-electron chi connectivity index (χ0n) is 15.2. The number of hydrazine groups is 1. The van der Waals surface area contributed by atoms with E-state index >= 15 is 0 Å². The van der Waals surface area contributed by atoms with Crippen molar-refractivity contribution in [2.75, 3.05) is 12.4 Å². The molecule has 0 unspecified atom stereocenters. The number of benzene rings is 2. The predicted octanol–water partition coefficient (Wildman–Crippen LogP) is 3.25. The third-order valence-electron chi connectivity index (χ3n) is 3.43. The summed E-state index contributed by atoms with van der Waals surface area (Å²) in [7, 11) is 1.55. The minimum absolute atomic E-state index is 0.0462. The lowest BCUT2D eigenvalue weighted by atomic mass is 10.2. The highest BCUT2D eigenvalue weighted by Crippen LogP contribution is 2.15. The van der Waals surface area contributed by atoms with Crippen LogP contribution in [0, 0.1) is 11.6 Å². The quantitative estimate of drug-likeness (QED) is 0.498. The van der Waals surface area contributed by atoms with Crippen molar-refractivity contribution in [2.45, 2.75) is 13.5 Å². The first kappa shape index (κ1) is 20.7. The van der Waals surface area contributed by atoms with Gasteiger partial charge in [-0.15, -0.1) is 0 Å². The van der Waals surface area contributed by atoms with Crippen LogP contribution in [0.5, 0.6) is 5.75 Å². The molecular formula is C19H19F2N3O4. The first-order valence-electron chi connectivity index (χ1n) is 8.13. The molecule has 28 heavy (non-hydrogen) atoms. The summed E-state index contributed by atoms with van der Waals surface area (Å²) in [5.41, 5.74) is 5.60. The van der Waals surface area contributed by atoms with Crippen molar-refractivity contribution in [1.82, 2.24) is 10.9 Å². The Morgan fingerprint density at radius 1 is 1.07 bits per heavy atom. The lowest BCUT2D eigenvalue weighted by Crippen LogP contribution is -2.36. The van der Waals surface area contributed by atoms with Gasteiger partial charge in [0, 0.05) is 17.8 Å². The molecule has 0 bridgehead atoms. The van der Waals surface area contributed by atoms with Gasteiger partial charge in [-0.2, -0.15) is 0 Å². The van der Waals surface area contributed by atoms with E-state index < -0.39 is 23.6 Å². The molecule has 0 atom stereocenters. The highest BCUT2D eigenvalue weighted by atomic mass is 19.1. The summed E-state index contributed by atoms with van der Waals surface area (Å²) < 4.78 is 36.4. The summed E-state index contributed by atoms with van der Waals surface area (Å²) in [6.45, 7) is 1.55. The normalized spacial score (nSPS) is 10.8. The second-order valence-corrected chi connectivity index (χ2v) is 5.61. The number of carbonyl (C=O) groups is 2. The van der Waals surface area contributed by atoms with E-state index in [0.717, 1.165) is 23.8 Å². The van der Waals surface area contributed by atoms with Crippen molar-refractivity contribution >= 4 is 17.7 Å². The fraction of sp³-hybridized carbons (Fsp3) is 0.158. The van der Waals surface area contributed by atoms with Gasteiger partial charge < -0.3 is 20.2 Å². The molecule has 0 saturated carbocycles. The molecule has 9 heteroatoms. The van der Waals surface area contributed by atoms with Crippen molar-refractivity contribution in [2.24, 2.45) is 0 Å². The molecule has 2 aromatic carbocycles. The van der Waals surface area contributed by atoms with Crippen LogP contribution in [-0.4, -0.2) is 19.1 Å². The second-order valence-electron chi connectivity index (χ2n) is 5.61. The number of ether oxygens (including phenoxy) is 2. The molecule has 0 saturated heterocycles. The van der Waals surface area contributed by atoms with Gasteiger partial charge in [0.15, 0.2) is 0 Å². The van der Waals surface area contributed by atoms with Crippen molar-refractivity contribution in [1.29, 1.82) is 0 Å². The topological polar surface area (TPSA) is 88.7 Å². The molecule has 3 N–H and O–H groups in total. The fourth-order valence-corrected chi connectivity index (χ4v) is 2.05. The van der Waals surface area contributed by atoms with E-state index in [1.54, 1.807) is 31.4 Å². The Bertz CT molecular complexity index is 870. The van der Waals surface area contributed by atoms with Gasteiger partial charge in [-0.05, 0) is 36.8 Å². The first-order chi connectivity index (χ1) is 13.4. The predicted molar refractivity (Wildman–Crippen MR) is 98.2 cm³/mol. The summed E-state index contributed by atoms with van der Waals surface area (Å²) in [4.78, 5) is 23.5. The van der Waals surface area contributed by atoms with Gasteiger partial charge in [0.05, 0.1) is 12.8 Å². The maximum Gasteiger partial charge on any atom is 0.426 e. The standard InChI is InChI=1S/C19H19F2N3O4/c1-12(9-18(25)22-17-8-5-14(20)10-16(17)21)23-24-19(26)28-11-13-3-6-15(27-2)7-4-13/h3-10,23H,11H2,1-2H3,(H,22,25)(H,24,26)/b12-9+. The number of allylic oxidation sites excluding steroid dienone is 1. The largest absolute Gasteiger partial charge is 0.497 e. The number of carbonyl (C=O) groups excluding carboxylic acids is 2. The molecule has 2 rings (SSSR count). The zero-order chi connectivity index (χ0) is 20.5. The number of methoxy groups -OCH3 is 1.